The quantitative estimate of drug-likeness (QED) is 0.676. The van der Waals surface area contributed by atoms with E-state index in [0.29, 0.717) is 11.3 Å². The van der Waals surface area contributed by atoms with Crippen LogP contribution < -0.4 is 0 Å². The molecular formula is C15H15NO3. The van der Waals surface area contributed by atoms with Crippen LogP contribution in [0.5, 0.6) is 0 Å². The molecule has 1 aromatic carbocycles. The molecule has 1 aliphatic carbocycles. The number of aliphatic hydroxyl groups is 2. The van der Waals surface area contributed by atoms with Gasteiger partial charge < -0.3 is 15.2 Å². The molecule has 1 heterocycles. The maximum Gasteiger partial charge on any atom is 0.179 e. The van der Waals surface area contributed by atoms with Crippen molar-refractivity contribution < 1.29 is 15.0 Å². The summed E-state index contributed by atoms with van der Waals surface area (Å²) in [7, 11) is 0. The fourth-order valence-corrected chi connectivity index (χ4v) is 2.55. The van der Waals surface area contributed by atoms with Crippen molar-refractivity contribution in [1.82, 2.24) is 4.98 Å². The molecule has 0 amide bonds. The van der Waals surface area contributed by atoms with E-state index in [1.54, 1.807) is 13.8 Å². The number of H-pyrrole nitrogens is 1. The smallest absolute Gasteiger partial charge is 0.179 e. The highest BCUT2D eigenvalue weighted by Gasteiger charge is 2.43. The molecule has 2 aromatic rings. The Hall–Kier alpha value is -2.23. The summed E-state index contributed by atoms with van der Waals surface area (Å²) >= 11 is 0. The van der Waals surface area contributed by atoms with Crippen molar-refractivity contribution in [3.8, 4) is 0 Å². The Labute approximate surface area is 110 Å². The molecule has 0 radical (unpaired) electrons. The summed E-state index contributed by atoms with van der Waals surface area (Å²) in [6.45, 7) is 5.17. The number of ketones is 1. The normalized spacial score (nSPS) is 17.9. The predicted molar refractivity (Wildman–Crippen MR) is 73.3 cm³/mol. The molecule has 0 bridgehead atoms. The van der Waals surface area contributed by atoms with Gasteiger partial charge >= 0.3 is 0 Å². The van der Waals surface area contributed by atoms with Gasteiger partial charge in [0.2, 0.25) is 0 Å². The SMILES string of the molecule is Cc1ccc2[nH]c3c(c2c1)C(=O)C(C)(C)C(O)=C3O. The number of hydrogen-bond acceptors (Lipinski definition) is 3. The fourth-order valence-electron chi connectivity index (χ4n) is 2.55. The first kappa shape index (κ1) is 11.8. The summed E-state index contributed by atoms with van der Waals surface area (Å²) in [4.78, 5) is 15.6. The second-order valence-electron chi connectivity index (χ2n) is 5.58. The molecule has 19 heavy (non-hydrogen) atoms. The van der Waals surface area contributed by atoms with E-state index in [0.717, 1.165) is 16.5 Å². The second kappa shape index (κ2) is 3.41. The topological polar surface area (TPSA) is 73.3 Å². The van der Waals surface area contributed by atoms with Gasteiger partial charge in [-0.2, -0.15) is 0 Å². The molecule has 0 atom stereocenters. The molecule has 0 spiro atoms. The zero-order valence-corrected chi connectivity index (χ0v) is 11.0. The third kappa shape index (κ3) is 1.37. The molecule has 1 aliphatic rings. The molecular weight excluding hydrogens is 242 g/mol. The van der Waals surface area contributed by atoms with E-state index in [9.17, 15) is 15.0 Å². The van der Waals surface area contributed by atoms with Crippen molar-refractivity contribution in [2.45, 2.75) is 20.8 Å². The Morgan fingerprint density at radius 2 is 1.89 bits per heavy atom. The van der Waals surface area contributed by atoms with Gasteiger partial charge in [0.1, 0.15) is 5.76 Å². The van der Waals surface area contributed by atoms with Gasteiger partial charge in [-0.25, -0.2) is 0 Å². The van der Waals surface area contributed by atoms with Crippen LogP contribution in [0.4, 0.5) is 0 Å². The number of carbonyl (C=O) groups excluding carboxylic acids is 1. The van der Waals surface area contributed by atoms with Gasteiger partial charge in [-0.05, 0) is 32.9 Å². The fraction of sp³-hybridized carbons (Fsp3) is 0.267. The summed E-state index contributed by atoms with van der Waals surface area (Å²) in [5.74, 6) is -0.712. The van der Waals surface area contributed by atoms with E-state index in [-0.39, 0.29) is 17.3 Å². The maximum atomic E-state index is 12.6. The monoisotopic (exact) mass is 257 g/mol. The van der Waals surface area contributed by atoms with Gasteiger partial charge in [0.15, 0.2) is 11.5 Å². The van der Waals surface area contributed by atoms with Crippen LogP contribution >= 0.6 is 0 Å². The van der Waals surface area contributed by atoms with Crippen LogP contribution in [0.25, 0.3) is 16.7 Å². The lowest BCUT2D eigenvalue weighted by Crippen LogP contribution is -2.31. The number of aromatic amines is 1. The van der Waals surface area contributed by atoms with Crippen LogP contribution in [0.15, 0.2) is 24.0 Å². The largest absolute Gasteiger partial charge is 0.507 e. The Morgan fingerprint density at radius 3 is 2.58 bits per heavy atom. The number of aromatic nitrogens is 1. The molecule has 0 saturated carbocycles. The number of rotatable bonds is 0. The summed E-state index contributed by atoms with van der Waals surface area (Å²) in [5, 5.41) is 20.9. The summed E-state index contributed by atoms with van der Waals surface area (Å²) in [6, 6.07) is 5.71. The lowest BCUT2D eigenvalue weighted by atomic mass is 9.77. The molecule has 98 valence electrons. The molecule has 0 unspecified atom stereocenters. The highest BCUT2D eigenvalue weighted by Crippen LogP contribution is 2.42. The Kier molecular flexibility index (Phi) is 2.12. The zero-order valence-electron chi connectivity index (χ0n) is 11.0. The van der Waals surface area contributed by atoms with Crippen LogP contribution in [0.2, 0.25) is 0 Å². The van der Waals surface area contributed by atoms with Gasteiger partial charge in [0.25, 0.3) is 0 Å². The minimum absolute atomic E-state index is 0.186. The van der Waals surface area contributed by atoms with Crippen LogP contribution in [-0.4, -0.2) is 21.0 Å². The van der Waals surface area contributed by atoms with Crippen molar-refractivity contribution in [2.24, 2.45) is 5.41 Å². The third-order valence-electron chi connectivity index (χ3n) is 3.80. The van der Waals surface area contributed by atoms with Crippen molar-refractivity contribution >= 4 is 22.4 Å². The molecule has 0 fully saturated rings. The van der Waals surface area contributed by atoms with E-state index < -0.39 is 5.41 Å². The van der Waals surface area contributed by atoms with E-state index in [1.807, 2.05) is 25.1 Å². The molecule has 4 nitrogen and oxygen atoms in total. The first-order chi connectivity index (χ1) is 8.84. The average molecular weight is 257 g/mol. The number of nitrogens with one attached hydrogen (secondary N) is 1. The van der Waals surface area contributed by atoms with Crippen molar-refractivity contribution in [2.75, 3.05) is 0 Å². The number of benzene rings is 1. The van der Waals surface area contributed by atoms with Gasteiger partial charge in [-0.15, -0.1) is 0 Å². The van der Waals surface area contributed by atoms with Crippen molar-refractivity contribution in [1.29, 1.82) is 0 Å². The van der Waals surface area contributed by atoms with Gasteiger partial charge in [-0.3, -0.25) is 4.79 Å². The van der Waals surface area contributed by atoms with E-state index in [1.165, 1.54) is 0 Å². The molecule has 3 N–H and O–H groups in total. The number of aliphatic hydroxyl groups excluding tert-OH is 2. The Morgan fingerprint density at radius 1 is 1.21 bits per heavy atom. The Balaban J connectivity index is 2.45. The molecule has 3 rings (SSSR count). The third-order valence-corrected chi connectivity index (χ3v) is 3.80. The summed E-state index contributed by atoms with van der Waals surface area (Å²) < 4.78 is 0. The maximum absolute atomic E-state index is 12.6. The Bertz CT molecular complexity index is 750. The van der Waals surface area contributed by atoms with Crippen molar-refractivity contribution in [3.63, 3.8) is 0 Å². The summed E-state index contributed by atoms with van der Waals surface area (Å²) in [6.07, 6.45) is 0. The molecule has 0 aliphatic heterocycles. The van der Waals surface area contributed by atoms with E-state index in [2.05, 4.69) is 4.98 Å². The van der Waals surface area contributed by atoms with Crippen LogP contribution in [0.1, 0.15) is 35.5 Å². The first-order valence-electron chi connectivity index (χ1n) is 6.14. The van der Waals surface area contributed by atoms with Crippen molar-refractivity contribution in [3.05, 3.63) is 40.8 Å². The van der Waals surface area contributed by atoms with Crippen LogP contribution in [-0.2, 0) is 0 Å². The summed E-state index contributed by atoms with van der Waals surface area (Å²) in [5.41, 5.74) is 1.48. The number of allylic oxidation sites excluding steroid dienone is 1. The number of Topliss-reactive ketones (excluding diaryl/α,β-unsaturated/α-hetero) is 1. The highest BCUT2D eigenvalue weighted by molar-refractivity contribution is 6.16. The van der Waals surface area contributed by atoms with Crippen LogP contribution in [0.3, 0.4) is 0 Å². The minimum Gasteiger partial charge on any atom is -0.507 e. The molecule has 1 aromatic heterocycles. The average Bonchev–Trinajstić information content (AvgIpc) is 2.73. The second-order valence-corrected chi connectivity index (χ2v) is 5.58. The highest BCUT2D eigenvalue weighted by atomic mass is 16.3. The first-order valence-corrected chi connectivity index (χ1v) is 6.14. The zero-order chi connectivity index (χ0) is 13.9. The van der Waals surface area contributed by atoms with E-state index in [4.69, 9.17) is 0 Å². The predicted octanol–water partition coefficient (Wildman–Crippen LogP) is 3.48. The van der Waals surface area contributed by atoms with Crippen LogP contribution in [0, 0.1) is 12.3 Å². The molecule has 0 saturated heterocycles. The number of aryl methyl sites for hydroxylation is 1. The lowest BCUT2D eigenvalue weighted by Gasteiger charge is -2.27. The van der Waals surface area contributed by atoms with E-state index >= 15 is 0 Å². The minimum atomic E-state index is -1.10. The number of fused-ring (bicyclic) bond motifs is 3. The number of hydrogen-bond donors (Lipinski definition) is 3. The number of carbonyl (C=O) groups is 1. The van der Waals surface area contributed by atoms with Gasteiger partial charge in [-0.1, -0.05) is 11.6 Å². The lowest BCUT2D eigenvalue weighted by molar-refractivity contribution is 0.0815. The van der Waals surface area contributed by atoms with Gasteiger partial charge in [0.05, 0.1) is 16.7 Å². The standard InChI is InChI=1S/C15H15NO3/c1-7-4-5-9-8(6-7)10-11(16-9)12(17)14(19)15(2,3)13(10)18/h4-6,16-17,19H,1-3H3. The van der Waals surface area contributed by atoms with Gasteiger partial charge in [0, 0.05) is 10.9 Å². The molecule has 4 heteroatoms.